The van der Waals surface area contributed by atoms with Crippen molar-refractivity contribution in [1.29, 1.82) is 0 Å². The van der Waals surface area contributed by atoms with E-state index in [1.54, 1.807) is 0 Å². The van der Waals surface area contributed by atoms with Crippen molar-refractivity contribution in [1.82, 2.24) is 10.3 Å². The zero-order chi connectivity index (χ0) is 12.1. The van der Waals surface area contributed by atoms with Crippen LogP contribution < -0.4 is 5.32 Å². The third kappa shape index (κ3) is 4.06. The molecule has 1 N–H and O–H groups in total. The minimum atomic E-state index is 0.482. The lowest BCUT2D eigenvalue weighted by molar-refractivity contribution is 0.683. The summed E-state index contributed by atoms with van der Waals surface area (Å²) in [4.78, 5) is 4.93. The third-order valence-electron chi connectivity index (χ3n) is 2.22. The molecule has 1 heterocycles. The van der Waals surface area contributed by atoms with Crippen LogP contribution in [0.4, 0.5) is 0 Å². The summed E-state index contributed by atoms with van der Waals surface area (Å²) in [6.07, 6.45) is 2.08. The van der Waals surface area contributed by atoms with Crippen LogP contribution in [0.1, 0.15) is 25.6 Å². The van der Waals surface area contributed by atoms with Crippen LogP contribution in [0.2, 0.25) is 9.62 Å². The fourth-order valence-corrected chi connectivity index (χ4v) is 2.58. The molecular weight excluding hydrogens is 263 g/mol. The third-order valence-corrected chi connectivity index (χ3v) is 3.73. The number of rotatable bonds is 5. The summed E-state index contributed by atoms with van der Waals surface area (Å²) in [7, 11) is 0. The summed E-state index contributed by atoms with van der Waals surface area (Å²) < 4.78 is 0.489. The molecule has 5 heteroatoms. The van der Waals surface area contributed by atoms with Gasteiger partial charge in [0.05, 0.1) is 4.88 Å². The molecule has 0 aliphatic carbocycles. The molecule has 0 amide bonds. The van der Waals surface area contributed by atoms with Crippen LogP contribution in [0.15, 0.2) is 5.57 Å². The van der Waals surface area contributed by atoms with E-state index in [0.29, 0.717) is 15.5 Å². The van der Waals surface area contributed by atoms with E-state index in [9.17, 15) is 0 Å². The first-order chi connectivity index (χ1) is 7.54. The lowest BCUT2D eigenvalue weighted by atomic mass is 10.0. The van der Waals surface area contributed by atoms with Gasteiger partial charge in [-0.3, -0.25) is 0 Å². The molecule has 0 bridgehead atoms. The molecule has 0 fully saturated rings. The van der Waals surface area contributed by atoms with Crippen molar-refractivity contribution in [3.63, 3.8) is 0 Å². The van der Waals surface area contributed by atoms with Gasteiger partial charge in [-0.2, -0.15) is 0 Å². The predicted octanol–water partition coefficient (Wildman–Crippen LogP) is 4.10. The maximum atomic E-state index is 5.98. The average Bonchev–Trinajstić information content (AvgIpc) is 2.51. The lowest BCUT2D eigenvalue weighted by Crippen LogP contribution is -2.18. The second kappa shape index (κ2) is 6.60. The molecule has 0 atom stereocenters. The van der Waals surface area contributed by atoms with Gasteiger partial charge < -0.3 is 5.32 Å². The van der Waals surface area contributed by atoms with Gasteiger partial charge in [0.2, 0.25) is 0 Å². The Kier molecular flexibility index (Phi) is 5.76. The maximum absolute atomic E-state index is 5.98. The second-order valence-corrected chi connectivity index (χ2v) is 5.75. The van der Waals surface area contributed by atoms with E-state index in [0.717, 1.165) is 18.0 Å². The second-order valence-electron chi connectivity index (χ2n) is 3.78. The Morgan fingerprint density at radius 1 is 1.50 bits per heavy atom. The summed E-state index contributed by atoms with van der Waals surface area (Å²) in [6.45, 7) is 8.26. The number of thiazole rings is 1. The van der Waals surface area contributed by atoms with Crippen molar-refractivity contribution in [3.05, 3.63) is 20.1 Å². The Balaban J connectivity index is 2.88. The van der Waals surface area contributed by atoms with Crippen molar-refractivity contribution < 1.29 is 0 Å². The van der Waals surface area contributed by atoms with Crippen molar-refractivity contribution in [2.75, 3.05) is 13.1 Å². The quantitative estimate of drug-likeness (QED) is 0.877. The molecule has 0 aliphatic rings. The largest absolute Gasteiger partial charge is 0.313 e. The van der Waals surface area contributed by atoms with Crippen molar-refractivity contribution in [3.8, 4) is 0 Å². The summed E-state index contributed by atoms with van der Waals surface area (Å²) in [5.41, 5.74) is 1.31. The number of hydrogen-bond donors (Lipinski definition) is 1. The van der Waals surface area contributed by atoms with Gasteiger partial charge in [-0.05, 0) is 18.5 Å². The van der Waals surface area contributed by atoms with Crippen LogP contribution in [0.5, 0.6) is 0 Å². The predicted molar refractivity (Wildman–Crippen MR) is 73.5 cm³/mol. The van der Waals surface area contributed by atoms with E-state index >= 15 is 0 Å². The highest BCUT2D eigenvalue weighted by Gasteiger charge is 2.08. The lowest BCUT2D eigenvalue weighted by Gasteiger charge is -2.11. The Bertz CT molecular complexity index is 372. The molecule has 1 aromatic rings. The molecular formula is C11H16Cl2N2S. The van der Waals surface area contributed by atoms with Crippen molar-refractivity contribution in [2.24, 2.45) is 5.92 Å². The van der Waals surface area contributed by atoms with Crippen LogP contribution in [0, 0.1) is 5.92 Å². The summed E-state index contributed by atoms with van der Waals surface area (Å²) in [6, 6.07) is 0. The Hall–Kier alpha value is -0.0900. The number of hydrogen-bond acceptors (Lipinski definition) is 3. The van der Waals surface area contributed by atoms with Crippen LogP contribution in [-0.2, 0) is 0 Å². The molecule has 0 saturated heterocycles. The van der Waals surface area contributed by atoms with Crippen LogP contribution in [0.3, 0.4) is 0 Å². The SMILES string of the molecule is CCNCC(=Cc1sc(Cl)nc1Cl)C(C)C. The van der Waals surface area contributed by atoms with E-state index in [1.807, 2.05) is 0 Å². The molecule has 0 saturated carbocycles. The van der Waals surface area contributed by atoms with Gasteiger partial charge >= 0.3 is 0 Å². The fourth-order valence-electron chi connectivity index (χ4n) is 1.24. The van der Waals surface area contributed by atoms with Crippen LogP contribution in [0.25, 0.3) is 6.08 Å². The minimum absolute atomic E-state index is 0.482. The first-order valence-electron chi connectivity index (χ1n) is 5.27. The number of halogens is 2. The van der Waals surface area contributed by atoms with E-state index in [1.165, 1.54) is 16.9 Å². The number of nitrogens with one attached hydrogen (secondary N) is 1. The first kappa shape index (κ1) is 14.0. The summed E-state index contributed by atoms with van der Waals surface area (Å²) in [5.74, 6) is 0.482. The fraction of sp³-hybridized carbons (Fsp3) is 0.545. The monoisotopic (exact) mass is 278 g/mol. The van der Waals surface area contributed by atoms with E-state index in [4.69, 9.17) is 23.2 Å². The molecule has 0 spiro atoms. The van der Waals surface area contributed by atoms with Gasteiger partial charge in [0.25, 0.3) is 0 Å². The van der Waals surface area contributed by atoms with E-state index in [-0.39, 0.29) is 0 Å². The molecule has 0 unspecified atom stereocenters. The minimum Gasteiger partial charge on any atom is -0.313 e. The molecule has 0 radical (unpaired) electrons. The average molecular weight is 279 g/mol. The normalized spacial score (nSPS) is 12.5. The van der Waals surface area contributed by atoms with Gasteiger partial charge in [0.15, 0.2) is 4.47 Å². The number of nitrogens with zero attached hydrogens (tertiary/aromatic N) is 1. The smallest absolute Gasteiger partial charge is 0.185 e. The van der Waals surface area contributed by atoms with Crippen molar-refractivity contribution >= 4 is 40.6 Å². The van der Waals surface area contributed by atoms with Gasteiger partial charge in [0, 0.05) is 6.54 Å². The topological polar surface area (TPSA) is 24.9 Å². The molecule has 90 valence electrons. The molecule has 1 rings (SSSR count). The van der Waals surface area contributed by atoms with Crippen LogP contribution >= 0.6 is 34.5 Å². The van der Waals surface area contributed by atoms with Crippen LogP contribution in [-0.4, -0.2) is 18.1 Å². The zero-order valence-electron chi connectivity index (χ0n) is 9.68. The molecule has 0 aromatic carbocycles. The zero-order valence-corrected chi connectivity index (χ0v) is 12.0. The Labute approximate surface area is 111 Å². The van der Waals surface area contributed by atoms with Gasteiger partial charge in [0.1, 0.15) is 5.15 Å². The molecule has 2 nitrogen and oxygen atoms in total. The first-order valence-corrected chi connectivity index (χ1v) is 6.84. The van der Waals surface area contributed by atoms with E-state index < -0.39 is 0 Å². The Morgan fingerprint density at radius 3 is 2.62 bits per heavy atom. The van der Waals surface area contributed by atoms with Crippen molar-refractivity contribution in [2.45, 2.75) is 20.8 Å². The molecule has 1 aromatic heterocycles. The molecule has 0 aliphatic heterocycles. The summed E-state index contributed by atoms with van der Waals surface area (Å²) >= 11 is 13.2. The number of likely N-dealkylation sites (N-methyl/N-ethyl adjacent to an activating group) is 1. The Morgan fingerprint density at radius 2 is 2.19 bits per heavy atom. The van der Waals surface area contributed by atoms with E-state index in [2.05, 4.69) is 37.1 Å². The molecule has 16 heavy (non-hydrogen) atoms. The summed E-state index contributed by atoms with van der Waals surface area (Å²) in [5, 5.41) is 3.81. The van der Waals surface area contributed by atoms with Gasteiger partial charge in [-0.15, -0.1) is 11.3 Å². The van der Waals surface area contributed by atoms with Gasteiger partial charge in [-0.1, -0.05) is 49.5 Å². The highest BCUT2D eigenvalue weighted by Crippen LogP contribution is 2.29. The standard InChI is InChI=1S/C11H16Cl2N2S/c1-4-14-6-8(7(2)3)5-9-10(12)15-11(13)16-9/h5,7,14H,4,6H2,1-3H3. The highest BCUT2D eigenvalue weighted by atomic mass is 35.5. The maximum Gasteiger partial charge on any atom is 0.185 e. The van der Waals surface area contributed by atoms with Gasteiger partial charge in [-0.25, -0.2) is 4.98 Å². The number of aromatic nitrogens is 1. The highest BCUT2D eigenvalue weighted by molar-refractivity contribution is 7.17.